The van der Waals surface area contributed by atoms with Crippen LogP contribution in [0.1, 0.15) is 18.5 Å². The molecule has 34 heavy (non-hydrogen) atoms. The first kappa shape index (κ1) is 24.2. The first-order chi connectivity index (χ1) is 16.4. The smallest absolute Gasteiger partial charge is 0.246 e. The molecule has 0 unspecified atom stereocenters. The maximum Gasteiger partial charge on any atom is 0.246 e. The molecule has 9 heteroatoms. The molecule has 1 amide bonds. The third-order valence-corrected chi connectivity index (χ3v) is 7.81. The lowest BCUT2D eigenvalue weighted by molar-refractivity contribution is -0.115. The Morgan fingerprint density at radius 3 is 2.59 bits per heavy atom. The summed E-state index contributed by atoms with van der Waals surface area (Å²) in [6.07, 6.45) is 0. The van der Waals surface area contributed by atoms with Gasteiger partial charge >= 0.3 is 0 Å². The Balaban J connectivity index is 1.45. The largest absolute Gasteiger partial charge is 0.495 e. The average molecular weight is 484 g/mol. The van der Waals surface area contributed by atoms with Crippen LogP contribution < -0.4 is 15.4 Å². The number of hydrogen-bond acceptors (Lipinski definition) is 6. The zero-order chi connectivity index (χ0) is 24.1. The molecule has 1 atom stereocenters. The SMILES string of the molecule is COc1ccc(NC(=O)CN[C@H](C)c2cccc3ccccc23)cc1S(=O)(=O)N1CCOCC1. The maximum absolute atomic E-state index is 13.1. The van der Waals surface area contributed by atoms with E-state index in [0.29, 0.717) is 18.9 Å². The summed E-state index contributed by atoms with van der Waals surface area (Å²) < 4.78 is 38.2. The number of carbonyl (C=O) groups excluding carboxylic acids is 1. The van der Waals surface area contributed by atoms with Gasteiger partial charge in [0.15, 0.2) is 0 Å². The summed E-state index contributed by atoms with van der Waals surface area (Å²) in [7, 11) is -2.36. The number of nitrogens with one attached hydrogen (secondary N) is 2. The van der Waals surface area contributed by atoms with Crippen molar-refractivity contribution >= 4 is 32.4 Å². The molecule has 3 aromatic rings. The van der Waals surface area contributed by atoms with Crippen molar-refractivity contribution in [1.29, 1.82) is 0 Å². The van der Waals surface area contributed by atoms with Crippen molar-refractivity contribution in [3.05, 3.63) is 66.2 Å². The monoisotopic (exact) mass is 483 g/mol. The van der Waals surface area contributed by atoms with Gasteiger partial charge in [-0.2, -0.15) is 4.31 Å². The fraction of sp³-hybridized carbons (Fsp3) is 0.320. The Bertz CT molecular complexity index is 1270. The zero-order valence-corrected chi connectivity index (χ0v) is 20.1. The Kier molecular flexibility index (Phi) is 7.47. The van der Waals surface area contributed by atoms with Gasteiger partial charge in [-0.1, -0.05) is 42.5 Å². The predicted octanol–water partition coefficient (Wildman–Crippen LogP) is 3.16. The van der Waals surface area contributed by atoms with Crippen molar-refractivity contribution in [3.63, 3.8) is 0 Å². The van der Waals surface area contributed by atoms with E-state index in [1.807, 2.05) is 31.2 Å². The molecule has 1 saturated heterocycles. The number of sulfonamides is 1. The molecule has 1 fully saturated rings. The molecule has 8 nitrogen and oxygen atoms in total. The summed E-state index contributed by atoms with van der Waals surface area (Å²) in [5, 5.41) is 8.32. The van der Waals surface area contributed by atoms with Crippen LogP contribution in [0.2, 0.25) is 0 Å². The first-order valence-corrected chi connectivity index (χ1v) is 12.6. The van der Waals surface area contributed by atoms with Crippen molar-refractivity contribution in [3.8, 4) is 5.75 Å². The average Bonchev–Trinajstić information content (AvgIpc) is 2.87. The van der Waals surface area contributed by atoms with Gasteiger partial charge in [0.2, 0.25) is 15.9 Å². The van der Waals surface area contributed by atoms with Gasteiger partial charge in [-0.15, -0.1) is 0 Å². The van der Waals surface area contributed by atoms with Crippen LogP contribution in [-0.2, 0) is 19.6 Å². The Labute approximate surface area is 199 Å². The first-order valence-electron chi connectivity index (χ1n) is 11.2. The lowest BCUT2D eigenvalue weighted by Gasteiger charge is -2.26. The number of nitrogens with zero attached hydrogens (tertiary/aromatic N) is 1. The van der Waals surface area contributed by atoms with Crippen molar-refractivity contribution < 1.29 is 22.7 Å². The van der Waals surface area contributed by atoms with Gasteiger partial charge in [0.05, 0.1) is 26.9 Å². The number of morpholine rings is 1. The van der Waals surface area contributed by atoms with E-state index in [1.165, 1.54) is 17.5 Å². The van der Waals surface area contributed by atoms with Gasteiger partial charge in [-0.3, -0.25) is 4.79 Å². The van der Waals surface area contributed by atoms with Gasteiger partial charge in [-0.25, -0.2) is 8.42 Å². The van der Waals surface area contributed by atoms with Gasteiger partial charge in [-0.05, 0) is 41.5 Å². The molecule has 180 valence electrons. The molecule has 0 bridgehead atoms. The van der Waals surface area contributed by atoms with Crippen LogP contribution in [0.4, 0.5) is 5.69 Å². The molecule has 1 aliphatic rings. The summed E-state index contributed by atoms with van der Waals surface area (Å²) in [5.41, 5.74) is 1.49. The molecule has 0 saturated carbocycles. The molecule has 0 aliphatic carbocycles. The van der Waals surface area contributed by atoms with Gasteiger partial charge < -0.3 is 20.1 Å². The second-order valence-corrected chi connectivity index (χ2v) is 10.0. The second-order valence-electron chi connectivity index (χ2n) is 8.10. The second kappa shape index (κ2) is 10.5. The molecular weight excluding hydrogens is 454 g/mol. The summed E-state index contributed by atoms with van der Waals surface area (Å²) in [5.74, 6) is -0.0424. The van der Waals surface area contributed by atoms with E-state index >= 15 is 0 Å². The number of carbonyl (C=O) groups is 1. The molecule has 4 rings (SSSR count). The van der Waals surface area contributed by atoms with Gasteiger partial charge in [0, 0.05) is 24.8 Å². The molecular formula is C25H29N3O5S. The van der Waals surface area contributed by atoms with Gasteiger partial charge in [0.25, 0.3) is 0 Å². The highest BCUT2D eigenvalue weighted by molar-refractivity contribution is 7.89. The summed E-state index contributed by atoms with van der Waals surface area (Å²) in [4.78, 5) is 12.7. The van der Waals surface area contributed by atoms with Crippen LogP contribution in [0, 0.1) is 0 Å². The van der Waals surface area contributed by atoms with Crippen LogP contribution in [0.3, 0.4) is 0 Å². The zero-order valence-electron chi connectivity index (χ0n) is 19.3. The number of fused-ring (bicyclic) bond motifs is 1. The number of rotatable bonds is 8. The van der Waals surface area contributed by atoms with E-state index < -0.39 is 10.0 Å². The highest BCUT2D eigenvalue weighted by Crippen LogP contribution is 2.30. The van der Waals surface area contributed by atoms with E-state index in [0.717, 1.165) is 16.3 Å². The summed E-state index contributed by atoms with van der Waals surface area (Å²) in [6.45, 7) is 3.32. The normalized spacial score (nSPS) is 15.7. The molecule has 0 aromatic heterocycles. The van der Waals surface area contributed by atoms with E-state index in [2.05, 4.69) is 28.8 Å². The third kappa shape index (κ3) is 5.23. The van der Waals surface area contributed by atoms with Crippen molar-refractivity contribution in [2.45, 2.75) is 17.9 Å². The Morgan fingerprint density at radius 2 is 1.82 bits per heavy atom. The topological polar surface area (TPSA) is 97.0 Å². The molecule has 0 radical (unpaired) electrons. The predicted molar refractivity (Wildman–Crippen MR) is 132 cm³/mol. The molecule has 0 spiro atoms. The Hall–Kier alpha value is -2.98. The van der Waals surface area contributed by atoms with Crippen LogP contribution >= 0.6 is 0 Å². The minimum absolute atomic E-state index is 0.0202. The number of methoxy groups -OCH3 is 1. The highest BCUT2D eigenvalue weighted by atomic mass is 32.2. The Morgan fingerprint density at radius 1 is 1.09 bits per heavy atom. The van der Waals surface area contributed by atoms with Crippen molar-refractivity contribution in [2.24, 2.45) is 0 Å². The summed E-state index contributed by atoms with van der Waals surface area (Å²) in [6, 6.07) is 18.8. The quantitative estimate of drug-likeness (QED) is 0.511. The van der Waals surface area contributed by atoms with Crippen molar-refractivity contribution in [1.82, 2.24) is 9.62 Å². The van der Waals surface area contributed by atoms with E-state index in [9.17, 15) is 13.2 Å². The third-order valence-electron chi connectivity index (χ3n) is 5.89. The minimum atomic E-state index is -3.78. The number of hydrogen-bond donors (Lipinski definition) is 2. The molecule has 1 heterocycles. The van der Waals surface area contributed by atoms with Gasteiger partial charge in [0.1, 0.15) is 10.6 Å². The van der Waals surface area contributed by atoms with Crippen LogP contribution in [0.15, 0.2) is 65.6 Å². The van der Waals surface area contributed by atoms with Crippen LogP contribution in [0.5, 0.6) is 5.75 Å². The minimum Gasteiger partial charge on any atom is -0.495 e. The lowest BCUT2D eigenvalue weighted by Crippen LogP contribution is -2.40. The lowest BCUT2D eigenvalue weighted by atomic mass is 10.00. The molecule has 2 N–H and O–H groups in total. The molecule has 1 aliphatic heterocycles. The van der Waals surface area contributed by atoms with Crippen LogP contribution in [0.25, 0.3) is 10.8 Å². The van der Waals surface area contributed by atoms with Crippen LogP contribution in [-0.4, -0.2) is 58.6 Å². The van der Waals surface area contributed by atoms with E-state index in [4.69, 9.17) is 9.47 Å². The standard InChI is InChI=1S/C25H29N3O5S/c1-18(21-9-5-7-19-6-3-4-8-22(19)21)26-17-25(29)27-20-10-11-23(32-2)24(16-20)34(30,31)28-12-14-33-15-13-28/h3-11,16,18,26H,12-15,17H2,1-2H3,(H,27,29)/t18-/m1/s1. The maximum atomic E-state index is 13.1. The highest BCUT2D eigenvalue weighted by Gasteiger charge is 2.29. The number of ether oxygens (including phenoxy) is 2. The number of benzene rings is 3. The van der Waals surface area contributed by atoms with E-state index in [1.54, 1.807) is 12.1 Å². The van der Waals surface area contributed by atoms with E-state index in [-0.39, 0.29) is 42.2 Å². The number of anilines is 1. The molecule has 3 aromatic carbocycles. The fourth-order valence-corrected chi connectivity index (χ4v) is 5.66. The summed E-state index contributed by atoms with van der Waals surface area (Å²) >= 11 is 0. The fourth-order valence-electron chi connectivity index (χ4n) is 4.07. The van der Waals surface area contributed by atoms with Crippen molar-refractivity contribution in [2.75, 3.05) is 45.3 Å². The number of amides is 1.